The third-order valence-electron chi connectivity index (χ3n) is 7.15. The summed E-state index contributed by atoms with van der Waals surface area (Å²) < 4.78 is 4.44. The molecular formula is C37H26IrN4-2. The fourth-order valence-corrected chi connectivity index (χ4v) is 5.23. The van der Waals surface area contributed by atoms with Crippen molar-refractivity contribution in [3.63, 3.8) is 0 Å². The largest absolute Gasteiger partial charge is 0.304 e. The fraction of sp³-hybridized carbons (Fsp3) is 0.0270. The number of imidazole rings is 1. The molecule has 4 nitrogen and oxygen atoms in total. The standard InChI is InChI=1S/C25H16N3.C12H10N.Ir/c1-2-10-18(11-3-1)27-24-17-9-6-14-21(24)26-25(27)28-22-15-7-4-12-19(22)20-13-5-8-16-23(20)28;1-10-7-8-12(13-9-10)11-5-3-2-4-6-11;/h1-15,17H;2-5,7-9H,1H3;/q2*-1;. The summed E-state index contributed by atoms with van der Waals surface area (Å²) in [7, 11) is 0. The van der Waals surface area contributed by atoms with E-state index in [1.54, 1.807) is 0 Å². The third-order valence-corrected chi connectivity index (χ3v) is 7.15. The zero-order valence-corrected chi connectivity index (χ0v) is 25.3. The molecule has 0 atom stereocenters. The van der Waals surface area contributed by atoms with Gasteiger partial charge in [0.05, 0.1) is 11.0 Å². The summed E-state index contributed by atoms with van der Waals surface area (Å²) in [4.78, 5) is 9.35. The topological polar surface area (TPSA) is 35.6 Å². The van der Waals surface area contributed by atoms with Crippen molar-refractivity contribution in [3.05, 3.63) is 157 Å². The van der Waals surface area contributed by atoms with Gasteiger partial charge in [0.15, 0.2) is 0 Å². The molecule has 0 unspecified atom stereocenters. The molecule has 0 N–H and O–H groups in total. The SMILES string of the molecule is Cc1ccc(-c2[c-]cccc2)nc1.[Ir].[c-]1cccc2c3ccccc3n(-c3nc4ccccc4n3-c3ccccc3)c12. The van der Waals surface area contributed by atoms with E-state index in [-0.39, 0.29) is 20.1 Å². The van der Waals surface area contributed by atoms with Gasteiger partial charge >= 0.3 is 0 Å². The maximum atomic E-state index is 5.04. The van der Waals surface area contributed by atoms with Crippen LogP contribution in [-0.4, -0.2) is 19.1 Å². The van der Waals surface area contributed by atoms with E-state index in [1.165, 1.54) is 16.3 Å². The second-order valence-corrected chi connectivity index (χ2v) is 9.85. The van der Waals surface area contributed by atoms with Crippen LogP contribution < -0.4 is 0 Å². The summed E-state index contributed by atoms with van der Waals surface area (Å²) in [5.41, 5.74) is 8.53. The Bertz CT molecular complexity index is 2040. The molecule has 5 heteroatoms. The molecule has 0 amide bonds. The van der Waals surface area contributed by atoms with E-state index in [1.807, 2.05) is 67.7 Å². The number of fused-ring (bicyclic) bond motifs is 4. The predicted octanol–water partition coefficient (Wildman–Crippen LogP) is 8.78. The monoisotopic (exact) mass is 719 g/mol. The van der Waals surface area contributed by atoms with Crippen LogP contribution in [-0.2, 0) is 20.1 Å². The minimum Gasteiger partial charge on any atom is -0.304 e. The number of hydrogen-bond donors (Lipinski definition) is 0. The van der Waals surface area contributed by atoms with Crippen molar-refractivity contribution in [2.75, 3.05) is 0 Å². The quantitative estimate of drug-likeness (QED) is 0.171. The molecule has 1 radical (unpaired) electrons. The smallest absolute Gasteiger partial charge is 0.218 e. The van der Waals surface area contributed by atoms with Crippen molar-refractivity contribution in [3.8, 4) is 22.9 Å². The number of benzene rings is 5. The normalized spacial score (nSPS) is 10.8. The minimum absolute atomic E-state index is 0. The van der Waals surface area contributed by atoms with Crippen molar-refractivity contribution in [2.45, 2.75) is 6.92 Å². The van der Waals surface area contributed by atoms with Crippen molar-refractivity contribution < 1.29 is 20.1 Å². The van der Waals surface area contributed by atoms with Gasteiger partial charge in [-0.15, -0.1) is 41.3 Å². The molecule has 205 valence electrons. The van der Waals surface area contributed by atoms with Gasteiger partial charge < -0.3 is 9.55 Å². The first-order chi connectivity index (χ1) is 20.3. The van der Waals surface area contributed by atoms with E-state index >= 15 is 0 Å². The first-order valence-electron chi connectivity index (χ1n) is 13.6. The van der Waals surface area contributed by atoms with Crippen LogP contribution in [0, 0.1) is 19.1 Å². The summed E-state index contributed by atoms with van der Waals surface area (Å²) in [5, 5.41) is 2.39. The molecule has 42 heavy (non-hydrogen) atoms. The van der Waals surface area contributed by atoms with E-state index in [9.17, 15) is 0 Å². The van der Waals surface area contributed by atoms with Gasteiger partial charge in [-0.3, -0.25) is 4.57 Å². The molecule has 3 heterocycles. The molecule has 8 rings (SSSR count). The average Bonchev–Trinajstić information content (AvgIpc) is 3.58. The molecule has 0 aliphatic carbocycles. The molecule has 0 aliphatic heterocycles. The number of pyridine rings is 1. The molecule has 5 aromatic carbocycles. The number of hydrogen-bond acceptors (Lipinski definition) is 2. The number of aryl methyl sites for hydroxylation is 1. The molecule has 0 saturated carbocycles. The zero-order valence-electron chi connectivity index (χ0n) is 22.9. The van der Waals surface area contributed by atoms with Crippen molar-refractivity contribution in [1.29, 1.82) is 0 Å². The molecular weight excluding hydrogens is 693 g/mol. The second-order valence-electron chi connectivity index (χ2n) is 9.85. The molecule has 0 spiro atoms. The van der Waals surface area contributed by atoms with Crippen molar-refractivity contribution in [1.82, 2.24) is 19.1 Å². The van der Waals surface area contributed by atoms with Crippen molar-refractivity contribution >= 4 is 32.8 Å². The van der Waals surface area contributed by atoms with E-state index in [0.29, 0.717) is 0 Å². The molecule has 8 aromatic rings. The summed E-state index contributed by atoms with van der Waals surface area (Å²) in [5.74, 6) is 0.876. The maximum absolute atomic E-state index is 5.04. The Labute approximate surface area is 258 Å². The van der Waals surface area contributed by atoms with E-state index in [0.717, 1.165) is 45.0 Å². The summed E-state index contributed by atoms with van der Waals surface area (Å²) in [6.07, 6.45) is 1.87. The Hall–Kier alpha value is -4.83. The van der Waals surface area contributed by atoms with Crippen molar-refractivity contribution in [2.24, 2.45) is 0 Å². The Morgan fingerprint density at radius 3 is 2.10 bits per heavy atom. The first-order valence-corrected chi connectivity index (χ1v) is 13.6. The first kappa shape index (κ1) is 27.3. The maximum Gasteiger partial charge on any atom is 0.218 e. The van der Waals surface area contributed by atoms with Gasteiger partial charge in [-0.1, -0.05) is 66.2 Å². The summed E-state index contributed by atoms with van der Waals surface area (Å²) >= 11 is 0. The number of nitrogens with zero attached hydrogens (tertiary/aromatic N) is 4. The predicted molar refractivity (Wildman–Crippen MR) is 167 cm³/mol. The Balaban J connectivity index is 0.000000191. The zero-order chi connectivity index (χ0) is 27.6. The van der Waals surface area contributed by atoms with Crippen LogP contribution in [0.2, 0.25) is 0 Å². The van der Waals surface area contributed by atoms with Gasteiger partial charge in [-0.25, -0.2) is 4.98 Å². The van der Waals surface area contributed by atoms with Crippen LogP contribution in [0.5, 0.6) is 0 Å². The van der Waals surface area contributed by atoms with Crippen LogP contribution in [0.25, 0.3) is 55.7 Å². The van der Waals surface area contributed by atoms with Gasteiger partial charge in [0, 0.05) is 37.5 Å². The van der Waals surface area contributed by atoms with Gasteiger partial charge in [0.25, 0.3) is 0 Å². The van der Waals surface area contributed by atoms with E-state index in [4.69, 9.17) is 4.98 Å². The molecule has 0 saturated heterocycles. The van der Waals surface area contributed by atoms with Gasteiger partial charge in [-0.2, -0.15) is 24.3 Å². The second kappa shape index (κ2) is 12.0. The Morgan fingerprint density at radius 1 is 0.595 bits per heavy atom. The van der Waals surface area contributed by atoms with Gasteiger partial charge in [-0.05, 0) is 53.9 Å². The molecule has 0 bridgehead atoms. The average molecular weight is 719 g/mol. The minimum atomic E-state index is 0. The molecule has 0 aliphatic rings. The van der Waals surface area contributed by atoms with Crippen LogP contribution in [0.3, 0.4) is 0 Å². The van der Waals surface area contributed by atoms with E-state index < -0.39 is 0 Å². The number of rotatable bonds is 3. The van der Waals surface area contributed by atoms with Crippen LogP contribution in [0.4, 0.5) is 0 Å². The van der Waals surface area contributed by atoms with Gasteiger partial charge in [0.2, 0.25) is 5.95 Å². The Morgan fingerprint density at radius 2 is 1.31 bits per heavy atom. The summed E-state index contributed by atoms with van der Waals surface area (Å²) in [6, 6.07) is 51.8. The summed E-state index contributed by atoms with van der Waals surface area (Å²) in [6.45, 7) is 2.03. The van der Waals surface area contributed by atoms with Crippen LogP contribution >= 0.6 is 0 Å². The fourth-order valence-electron chi connectivity index (χ4n) is 5.23. The number of para-hydroxylation sites is 5. The van der Waals surface area contributed by atoms with Gasteiger partial charge in [0.1, 0.15) is 0 Å². The number of aromatic nitrogens is 4. The van der Waals surface area contributed by atoms with Crippen LogP contribution in [0.1, 0.15) is 5.56 Å². The molecule has 3 aromatic heterocycles. The van der Waals surface area contributed by atoms with Crippen LogP contribution in [0.15, 0.2) is 140 Å². The Kier molecular flexibility index (Phi) is 7.78. The third kappa shape index (κ3) is 5.05. The van der Waals surface area contributed by atoms with E-state index in [2.05, 4.69) is 105 Å². The molecule has 0 fully saturated rings.